The Morgan fingerprint density at radius 3 is 2.57 bits per heavy atom. The monoisotopic (exact) mass is 315 g/mol. The quantitative estimate of drug-likeness (QED) is 0.615. The molecule has 120 valence electrons. The molecular weight excluding hydrogens is 290 g/mol. The highest BCUT2D eigenvalue weighted by atomic mass is 35.5. The molecule has 0 radical (unpaired) electrons. The Labute approximate surface area is 132 Å². The summed E-state index contributed by atoms with van der Waals surface area (Å²) in [6.07, 6.45) is 0.634. The molecule has 0 saturated heterocycles. The number of aliphatic hydroxyl groups excluding tert-OH is 1. The van der Waals surface area contributed by atoms with Crippen LogP contribution in [-0.4, -0.2) is 50.2 Å². The number of hydrogen-bond donors (Lipinski definition) is 2. The van der Waals surface area contributed by atoms with Crippen molar-refractivity contribution in [3.8, 4) is 0 Å². The molecule has 0 spiro atoms. The molecule has 0 fully saturated rings. The second-order valence-electron chi connectivity index (χ2n) is 5.23. The van der Waals surface area contributed by atoms with Gasteiger partial charge in [-0.05, 0) is 44.5 Å². The predicted molar refractivity (Wildman–Crippen MR) is 85.9 cm³/mol. The van der Waals surface area contributed by atoms with Crippen molar-refractivity contribution in [2.75, 3.05) is 32.9 Å². The van der Waals surface area contributed by atoms with Crippen molar-refractivity contribution in [2.45, 2.75) is 32.5 Å². The van der Waals surface area contributed by atoms with Crippen LogP contribution in [0.5, 0.6) is 0 Å². The van der Waals surface area contributed by atoms with Crippen LogP contribution in [0.2, 0.25) is 5.02 Å². The minimum absolute atomic E-state index is 0.216. The SMILES string of the molecule is CC(C)OCCOCC(O)CNCCc1ccc(Cl)cc1. The van der Waals surface area contributed by atoms with Gasteiger partial charge in [-0.3, -0.25) is 0 Å². The van der Waals surface area contributed by atoms with Crippen LogP contribution < -0.4 is 5.32 Å². The van der Waals surface area contributed by atoms with Crippen molar-refractivity contribution in [1.29, 1.82) is 0 Å². The standard InChI is InChI=1S/C16H26ClNO3/c1-13(2)21-10-9-20-12-16(19)11-18-8-7-14-3-5-15(17)6-4-14/h3-6,13,16,18-19H,7-12H2,1-2H3. The highest BCUT2D eigenvalue weighted by Gasteiger charge is 2.04. The molecule has 21 heavy (non-hydrogen) atoms. The molecule has 0 bridgehead atoms. The van der Waals surface area contributed by atoms with E-state index in [-0.39, 0.29) is 6.10 Å². The van der Waals surface area contributed by atoms with E-state index in [2.05, 4.69) is 5.32 Å². The molecule has 0 aromatic heterocycles. The van der Waals surface area contributed by atoms with Crippen LogP contribution in [0.15, 0.2) is 24.3 Å². The first kappa shape index (κ1) is 18.4. The fourth-order valence-electron chi connectivity index (χ4n) is 1.77. The lowest BCUT2D eigenvalue weighted by Crippen LogP contribution is -2.32. The van der Waals surface area contributed by atoms with E-state index < -0.39 is 6.10 Å². The predicted octanol–water partition coefficient (Wildman–Crippen LogP) is 2.27. The first-order valence-corrected chi connectivity index (χ1v) is 7.78. The van der Waals surface area contributed by atoms with Gasteiger partial charge in [0.05, 0.1) is 32.0 Å². The van der Waals surface area contributed by atoms with Gasteiger partial charge in [0.1, 0.15) is 0 Å². The van der Waals surface area contributed by atoms with E-state index in [1.54, 1.807) is 0 Å². The van der Waals surface area contributed by atoms with Crippen molar-refractivity contribution in [3.63, 3.8) is 0 Å². The van der Waals surface area contributed by atoms with E-state index in [0.717, 1.165) is 18.0 Å². The van der Waals surface area contributed by atoms with Crippen molar-refractivity contribution >= 4 is 11.6 Å². The third kappa shape index (κ3) is 9.82. The first-order chi connectivity index (χ1) is 10.1. The highest BCUT2D eigenvalue weighted by Crippen LogP contribution is 2.09. The van der Waals surface area contributed by atoms with Gasteiger partial charge in [-0.1, -0.05) is 23.7 Å². The molecule has 0 saturated carbocycles. The van der Waals surface area contributed by atoms with Crippen molar-refractivity contribution in [3.05, 3.63) is 34.9 Å². The van der Waals surface area contributed by atoms with E-state index in [1.807, 2.05) is 38.1 Å². The fourth-order valence-corrected chi connectivity index (χ4v) is 1.90. The summed E-state index contributed by atoms with van der Waals surface area (Å²) in [4.78, 5) is 0. The number of aliphatic hydroxyl groups is 1. The maximum Gasteiger partial charge on any atom is 0.0897 e. The smallest absolute Gasteiger partial charge is 0.0897 e. The summed E-state index contributed by atoms with van der Waals surface area (Å²) in [7, 11) is 0. The lowest BCUT2D eigenvalue weighted by Gasteiger charge is -2.13. The normalized spacial score (nSPS) is 12.8. The van der Waals surface area contributed by atoms with Crippen molar-refractivity contribution in [1.82, 2.24) is 5.32 Å². The molecule has 0 aliphatic rings. The van der Waals surface area contributed by atoms with Crippen LogP contribution >= 0.6 is 11.6 Å². The van der Waals surface area contributed by atoms with Gasteiger partial charge in [0.15, 0.2) is 0 Å². The van der Waals surface area contributed by atoms with E-state index in [0.29, 0.717) is 26.4 Å². The van der Waals surface area contributed by atoms with Crippen LogP contribution in [-0.2, 0) is 15.9 Å². The molecule has 5 heteroatoms. The molecule has 1 aromatic rings. The van der Waals surface area contributed by atoms with Gasteiger partial charge in [-0.2, -0.15) is 0 Å². The van der Waals surface area contributed by atoms with E-state index in [4.69, 9.17) is 21.1 Å². The number of hydrogen-bond acceptors (Lipinski definition) is 4. The third-order valence-corrected chi connectivity index (χ3v) is 3.12. The van der Waals surface area contributed by atoms with Gasteiger partial charge in [0.2, 0.25) is 0 Å². The molecule has 4 nitrogen and oxygen atoms in total. The summed E-state index contributed by atoms with van der Waals surface area (Å²) in [6.45, 7) is 6.72. The summed E-state index contributed by atoms with van der Waals surface area (Å²) in [5.74, 6) is 0. The molecule has 2 N–H and O–H groups in total. The van der Waals surface area contributed by atoms with Crippen LogP contribution in [0.4, 0.5) is 0 Å². The van der Waals surface area contributed by atoms with Gasteiger partial charge in [-0.15, -0.1) is 0 Å². The fraction of sp³-hybridized carbons (Fsp3) is 0.625. The largest absolute Gasteiger partial charge is 0.389 e. The van der Waals surface area contributed by atoms with Crippen LogP contribution in [0.3, 0.4) is 0 Å². The summed E-state index contributed by atoms with van der Waals surface area (Å²) in [5, 5.41) is 13.7. The Kier molecular flexibility index (Phi) is 9.63. The van der Waals surface area contributed by atoms with Crippen LogP contribution in [0, 0.1) is 0 Å². The molecule has 0 aliphatic heterocycles. The zero-order valence-electron chi connectivity index (χ0n) is 12.8. The Morgan fingerprint density at radius 1 is 1.19 bits per heavy atom. The lowest BCUT2D eigenvalue weighted by molar-refractivity contribution is -0.00989. The summed E-state index contributed by atoms with van der Waals surface area (Å²) >= 11 is 5.83. The Hall–Kier alpha value is -0.650. The van der Waals surface area contributed by atoms with Gasteiger partial charge < -0.3 is 19.9 Å². The number of nitrogens with one attached hydrogen (secondary N) is 1. The van der Waals surface area contributed by atoms with Crippen molar-refractivity contribution in [2.24, 2.45) is 0 Å². The topological polar surface area (TPSA) is 50.7 Å². The molecule has 0 aliphatic carbocycles. The average molecular weight is 316 g/mol. The van der Waals surface area contributed by atoms with E-state index in [1.165, 1.54) is 5.56 Å². The average Bonchev–Trinajstić information content (AvgIpc) is 2.45. The van der Waals surface area contributed by atoms with Crippen LogP contribution in [0.1, 0.15) is 19.4 Å². The zero-order chi connectivity index (χ0) is 15.5. The second kappa shape index (κ2) is 11.0. The van der Waals surface area contributed by atoms with Crippen molar-refractivity contribution < 1.29 is 14.6 Å². The Morgan fingerprint density at radius 2 is 1.90 bits per heavy atom. The van der Waals surface area contributed by atoms with E-state index in [9.17, 15) is 5.11 Å². The molecule has 0 heterocycles. The van der Waals surface area contributed by atoms with Crippen LogP contribution in [0.25, 0.3) is 0 Å². The van der Waals surface area contributed by atoms with E-state index >= 15 is 0 Å². The summed E-state index contributed by atoms with van der Waals surface area (Å²) in [5.41, 5.74) is 1.23. The number of ether oxygens (including phenoxy) is 2. The lowest BCUT2D eigenvalue weighted by atomic mass is 10.1. The second-order valence-corrected chi connectivity index (χ2v) is 5.67. The summed E-state index contributed by atoms with van der Waals surface area (Å²) < 4.78 is 10.7. The molecule has 1 rings (SSSR count). The maximum atomic E-state index is 9.75. The Balaban J connectivity index is 1.98. The summed E-state index contributed by atoms with van der Waals surface area (Å²) in [6, 6.07) is 7.80. The minimum Gasteiger partial charge on any atom is -0.389 e. The van der Waals surface area contributed by atoms with Gasteiger partial charge in [0, 0.05) is 11.6 Å². The molecular formula is C16H26ClNO3. The highest BCUT2D eigenvalue weighted by molar-refractivity contribution is 6.30. The molecule has 1 aromatic carbocycles. The van der Waals surface area contributed by atoms with Gasteiger partial charge >= 0.3 is 0 Å². The van der Waals surface area contributed by atoms with Gasteiger partial charge in [-0.25, -0.2) is 0 Å². The number of halogens is 1. The molecule has 1 unspecified atom stereocenters. The molecule has 1 atom stereocenters. The number of benzene rings is 1. The first-order valence-electron chi connectivity index (χ1n) is 7.40. The zero-order valence-corrected chi connectivity index (χ0v) is 13.6. The van der Waals surface area contributed by atoms with Gasteiger partial charge in [0.25, 0.3) is 0 Å². The Bertz CT molecular complexity index is 370. The maximum absolute atomic E-state index is 9.75. The third-order valence-electron chi connectivity index (χ3n) is 2.87. The molecule has 0 amide bonds. The minimum atomic E-state index is -0.491. The number of rotatable bonds is 11.